The molecule has 0 fully saturated rings. The molecule has 1 heterocycles. The molecule has 0 saturated carbocycles. The van der Waals surface area contributed by atoms with Crippen LogP contribution < -0.4 is 5.73 Å². The molecule has 0 aliphatic heterocycles. The Morgan fingerprint density at radius 3 is 3.30 bits per heavy atom. The maximum atomic E-state index is 7.45. The molecule has 0 bridgehead atoms. The van der Waals surface area contributed by atoms with Gasteiger partial charge in [0.2, 0.25) is 0 Å². The summed E-state index contributed by atoms with van der Waals surface area (Å²) in [5, 5.41) is 0. The summed E-state index contributed by atoms with van der Waals surface area (Å²) in [7, 11) is 0. The zero-order valence-corrected chi connectivity index (χ0v) is 5.47. The van der Waals surface area contributed by atoms with Crippen molar-refractivity contribution in [2.75, 3.05) is 0 Å². The third kappa shape index (κ3) is 1.30. The van der Waals surface area contributed by atoms with Crippen molar-refractivity contribution in [3.8, 4) is 0 Å². The molecule has 0 atom stereocenters. The molecule has 54 valence electrons. The molecule has 1 aromatic heterocycles. The van der Waals surface area contributed by atoms with Gasteiger partial charge in [-0.05, 0) is 19.3 Å². The third-order valence-corrected chi connectivity index (χ3v) is 1.04. The molecule has 3 nitrogen and oxygen atoms in total. The van der Waals surface area contributed by atoms with Crippen LogP contribution in [0.25, 0.3) is 0 Å². The van der Waals surface area contributed by atoms with Crippen LogP contribution in [0.15, 0.2) is 6.17 Å². The van der Waals surface area contributed by atoms with E-state index in [0.29, 0.717) is 0 Å². The van der Waals surface area contributed by atoms with Crippen molar-refractivity contribution in [3.05, 3.63) is 23.3 Å². The predicted molar refractivity (Wildman–Crippen MR) is 39.4 cm³/mol. The van der Waals surface area contributed by atoms with Crippen LogP contribution in [0.2, 0.25) is 0 Å². The number of aromatic nitrogens is 2. The van der Waals surface area contributed by atoms with Gasteiger partial charge in [-0.15, -0.1) is 0 Å². The minimum atomic E-state index is -2.49. The van der Waals surface area contributed by atoms with Gasteiger partial charge in [0, 0.05) is 16.0 Å². The van der Waals surface area contributed by atoms with E-state index in [4.69, 9.17) is 14.0 Å². The Balaban J connectivity index is 3.41. The van der Waals surface area contributed by atoms with Gasteiger partial charge in [0.15, 0.2) is 0 Å². The van der Waals surface area contributed by atoms with Crippen LogP contribution in [0.4, 0.5) is 0 Å². The molecule has 1 aromatic rings. The van der Waals surface area contributed by atoms with Gasteiger partial charge < -0.3 is 5.73 Å². The fourth-order valence-corrected chi connectivity index (χ4v) is 0.494. The Labute approximate surface area is 68.7 Å². The van der Waals surface area contributed by atoms with Crippen LogP contribution >= 0.6 is 0 Å². The lowest BCUT2D eigenvalue weighted by Gasteiger charge is -1.99. The topological polar surface area (TPSA) is 51.8 Å². The number of hydrogen-bond acceptors (Lipinski definition) is 3. The summed E-state index contributed by atoms with van der Waals surface area (Å²) in [5.41, 5.74) is 4.91. The first-order chi connectivity index (χ1) is 7.03. The lowest BCUT2D eigenvalue weighted by atomic mass is 10.3. The van der Waals surface area contributed by atoms with Crippen LogP contribution in [-0.2, 0) is 6.50 Å². The molecule has 0 aromatic carbocycles. The monoisotopic (exact) mass is 143 g/mol. The predicted octanol–water partition coefficient (Wildman–Crippen LogP) is 0.552. The second kappa shape index (κ2) is 2.75. The summed E-state index contributed by atoms with van der Waals surface area (Å²) in [4.78, 5) is 7.15. The SMILES string of the molecule is [2H]c1nc(C([2H])([2H])N)nc(C)c1C([2H])([2H])[2H]. The zero-order valence-electron chi connectivity index (χ0n) is 11.5. The van der Waals surface area contributed by atoms with E-state index in [-0.39, 0.29) is 17.1 Å². The molecule has 0 aliphatic carbocycles. The van der Waals surface area contributed by atoms with E-state index in [1.165, 1.54) is 6.92 Å². The van der Waals surface area contributed by atoms with E-state index in [1.54, 1.807) is 0 Å². The summed E-state index contributed by atoms with van der Waals surface area (Å²) in [6.45, 7) is -3.38. The Kier molecular flexibility index (Phi) is 0.710. The van der Waals surface area contributed by atoms with Crippen molar-refractivity contribution >= 4 is 0 Å². The molecule has 10 heavy (non-hydrogen) atoms. The molecule has 0 saturated heterocycles. The van der Waals surface area contributed by atoms with Gasteiger partial charge in [-0.1, -0.05) is 0 Å². The van der Waals surface area contributed by atoms with E-state index in [2.05, 4.69) is 9.97 Å². The Morgan fingerprint density at radius 1 is 2.00 bits per heavy atom. The minimum Gasteiger partial charge on any atom is -0.324 e. The first-order valence-electron chi connectivity index (χ1n) is 5.68. The minimum absolute atomic E-state index is 0.0457. The second-order valence-electron chi connectivity index (χ2n) is 1.76. The van der Waals surface area contributed by atoms with Crippen molar-refractivity contribution in [2.24, 2.45) is 5.73 Å². The van der Waals surface area contributed by atoms with Gasteiger partial charge in [0.25, 0.3) is 0 Å². The first-order valence-corrected chi connectivity index (χ1v) is 2.68. The summed E-state index contributed by atoms with van der Waals surface area (Å²) in [6, 6.07) is 0. The number of hydrogen-bond donors (Lipinski definition) is 1. The molecule has 0 amide bonds. The maximum Gasteiger partial charge on any atom is 0.142 e. The maximum absolute atomic E-state index is 7.45. The quantitative estimate of drug-likeness (QED) is 0.624. The molecule has 0 spiro atoms. The Hall–Kier alpha value is -0.960. The fourth-order valence-electron chi connectivity index (χ4n) is 0.494. The summed E-state index contributed by atoms with van der Waals surface area (Å²) < 4.78 is 43.4. The van der Waals surface area contributed by atoms with Crippen molar-refractivity contribution in [1.82, 2.24) is 9.97 Å². The van der Waals surface area contributed by atoms with E-state index >= 15 is 0 Å². The standard InChI is InChI=1S/C7H11N3/c1-5-4-9-7(3-8)10-6(5)2/h4H,3,8H2,1-2H3/i1D3,3D2,4D. The average molecular weight is 143 g/mol. The Morgan fingerprint density at radius 2 is 2.80 bits per heavy atom. The molecule has 0 radical (unpaired) electrons. The van der Waals surface area contributed by atoms with Crippen LogP contribution in [0, 0.1) is 13.8 Å². The van der Waals surface area contributed by atoms with E-state index < -0.39 is 19.5 Å². The van der Waals surface area contributed by atoms with Crippen molar-refractivity contribution in [2.45, 2.75) is 20.3 Å². The number of nitrogens with zero attached hydrogens (tertiary/aromatic N) is 2. The molecular weight excluding hydrogens is 126 g/mol. The highest BCUT2D eigenvalue weighted by atomic mass is 14.9. The lowest BCUT2D eigenvalue weighted by Crippen LogP contribution is -2.04. The van der Waals surface area contributed by atoms with Gasteiger partial charge in [0.05, 0.1) is 10.6 Å². The number of aryl methyl sites for hydroxylation is 1. The largest absolute Gasteiger partial charge is 0.324 e. The molecule has 0 aliphatic rings. The molecule has 0 unspecified atom stereocenters. The normalized spacial score (nSPS) is 21.4. The summed E-state index contributed by atoms with van der Waals surface area (Å²) in [6.07, 6.45) is -0.517. The van der Waals surface area contributed by atoms with Gasteiger partial charge >= 0.3 is 0 Å². The van der Waals surface area contributed by atoms with Crippen LogP contribution in [0.5, 0.6) is 0 Å². The second-order valence-corrected chi connectivity index (χ2v) is 1.76. The lowest BCUT2D eigenvalue weighted by molar-refractivity contribution is 0.880. The van der Waals surface area contributed by atoms with E-state index in [0.717, 1.165) is 0 Å². The van der Waals surface area contributed by atoms with Crippen molar-refractivity contribution in [3.63, 3.8) is 0 Å². The van der Waals surface area contributed by atoms with Crippen molar-refractivity contribution < 1.29 is 8.22 Å². The molecule has 1 rings (SSSR count). The van der Waals surface area contributed by atoms with E-state index in [1.807, 2.05) is 0 Å². The van der Waals surface area contributed by atoms with Crippen LogP contribution in [0.1, 0.15) is 25.3 Å². The van der Waals surface area contributed by atoms with Gasteiger partial charge in [0.1, 0.15) is 5.82 Å². The zero-order chi connectivity index (χ0) is 12.7. The van der Waals surface area contributed by atoms with Crippen molar-refractivity contribution in [1.29, 1.82) is 0 Å². The fraction of sp³-hybridized carbons (Fsp3) is 0.429. The van der Waals surface area contributed by atoms with Gasteiger partial charge in [-0.3, -0.25) is 0 Å². The Bertz CT molecular complexity index is 385. The highest BCUT2D eigenvalue weighted by molar-refractivity contribution is 5.13. The highest BCUT2D eigenvalue weighted by Crippen LogP contribution is 2.00. The highest BCUT2D eigenvalue weighted by Gasteiger charge is 1.95. The summed E-state index contributed by atoms with van der Waals surface area (Å²) in [5.74, 6) is -0.386. The van der Waals surface area contributed by atoms with E-state index in [9.17, 15) is 0 Å². The molecule has 3 heteroatoms. The summed E-state index contributed by atoms with van der Waals surface area (Å²) >= 11 is 0. The molecular formula is C7H11N3. The first kappa shape index (κ1) is 2.58. The van der Waals surface area contributed by atoms with Crippen LogP contribution in [-0.4, -0.2) is 9.97 Å². The smallest absolute Gasteiger partial charge is 0.142 e. The average Bonchev–Trinajstić information content (AvgIpc) is 1.97. The number of rotatable bonds is 1. The number of nitrogens with two attached hydrogens (primary N) is 1. The third-order valence-electron chi connectivity index (χ3n) is 1.04. The molecule has 2 N–H and O–H groups in total. The van der Waals surface area contributed by atoms with Gasteiger partial charge in [-0.2, -0.15) is 0 Å². The van der Waals surface area contributed by atoms with Gasteiger partial charge in [-0.25, -0.2) is 9.97 Å². The van der Waals surface area contributed by atoms with Crippen LogP contribution in [0.3, 0.4) is 0 Å².